The molecule has 6 nitrogen and oxygen atoms in total. The molecule has 21 heavy (non-hydrogen) atoms. The lowest BCUT2D eigenvalue weighted by Crippen LogP contribution is -2.38. The highest BCUT2D eigenvalue weighted by Gasteiger charge is 2.40. The average Bonchev–Trinajstić information content (AvgIpc) is 2.44. The molecule has 1 aromatic heterocycles. The molecule has 1 N–H and O–H groups in total. The van der Waals surface area contributed by atoms with Gasteiger partial charge < -0.3 is 10.1 Å². The fourth-order valence-corrected chi connectivity index (χ4v) is 3.02. The third kappa shape index (κ3) is 4.24. The van der Waals surface area contributed by atoms with E-state index in [-0.39, 0.29) is 42.8 Å². The van der Waals surface area contributed by atoms with Crippen LogP contribution in [0.5, 0.6) is 5.88 Å². The van der Waals surface area contributed by atoms with Gasteiger partial charge in [-0.15, -0.1) is 12.4 Å². The van der Waals surface area contributed by atoms with Gasteiger partial charge in [0, 0.05) is 19.8 Å². The van der Waals surface area contributed by atoms with E-state index in [1.165, 1.54) is 7.05 Å². The molecule has 0 spiro atoms. The molecule has 1 atom stereocenters. The van der Waals surface area contributed by atoms with E-state index in [9.17, 15) is 21.6 Å². The number of halogens is 4. The highest BCUT2D eigenvalue weighted by Crippen LogP contribution is 2.36. The molecule has 11 heteroatoms. The first kappa shape index (κ1) is 18.1. The van der Waals surface area contributed by atoms with E-state index in [4.69, 9.17) is 4.74 Å². The van der Waals surface area contributed by atoms with Crippen molar-refractivity contribution in [2.24, 2.45) is 7.05 Å². The smallest absolute Gasteiger partial charge is 0.435 e. The van der Waals surface area contributed by atoms with Crippen molar-refractivity contribution in [2.45, 2.75) is 18.8 Å². The highest BCUT2D eigenvalue weighted by molar-refractivity contribution is 7.90. The topological polar surface area (TPSA) is 73.2 Å². The lowest BCUT2D eigenvalue weighted by atomic mass is 10.2. The number of rotatable bonds is 2. The van der Waals surface area contributed by atoms with Crippen LogP contribution in [0.2, 0.25) is 0 Å². The van der Waals surface area contributed by atoms with Gasteiger partial charge in [0.2, 0.25) is 5.88 Å². The average molecular weight is 350 g/mol. The second kappa shape index (κ2) is 6.01. The van der Waals surface area contributed by atoms with Crippen molar-refractivity contribution in [3.05, 3.63) is 11.3 Å². The van der Waals surface area contributed by atoms with Crippen molar-refractivity contribution in [2.75, 3.05) is 18.6 Å². The minimum absolute atomic E-state index is 0. The number of hydrogen-bond acceptors (Lipinski definition) is 5. The molecule has 0 amide bonds. The standard InChI is InChI=1S/C10H14F3N3O3S.ClH/c1-16-9-7(8(15-16)10(11,12)13)3-14-6(4-19-9)5-20(2,17)18;/h6,14H,3-5H2,1-2H3;1H. The number of hydrogen-bond donors (Lipinski definition) is 1. The summed E-state index contributed by atoms with van der Waals surface area (Å²) in [5, 5.41) is 6.18. The Morgan fingerprint density at radius 2 is 2.10 bits per heavy atom. The van der Waals surface area contributed by atoms with E-state index in [1.54, 1.807) is 0 Å². The Morgan fingerprint density at radius 1 is 1.48 bits per heavy atom. The first-order chi connectivity index (χ1) is 9.08. The van der Waals surface area contributed by atoms with E-state index in [2.05, 4.69) is 10.4 Å². The molecule has 122 valence electrons. The van der Waals surface area contributed by atoms with Gasteiger partial charge in [-0.3, -0.25) is 0 Å². The molecule has 1 aliphatic rings. The minimum Gasteiger partial charge on any atom is -0.476 e. The Hall–Kier alpha value is -1.00. The summed E-state index contributed by atoms with van der Waals surface area (Å²) in [6.07, 6.45) is -3.51. The van der Waals surface area contributed by atoms with E-state index < -0.39 is 27.7 Å². The number of sulfone groups is 1. The zero-order chi connectivity index (χ0) is 15.1. The molecule has 0 aromatic carbocycles. The van der Waals surface area contributed by atoms with Crippen LogP contribution in [0, 0.1) is 0 Å². The largest absolute Gasteiger partial charge is 0.476 e. The van der Waals surface area contributed by atoms with Crippen molar-refractivity contribution in [3.63, 3.8) is 0 Å². The van der Waals surface area contributed by atoms with E-state index in [0.717, 1.165) is 10.9 Å². The Morgan fingerprint density at radius 3 is 2.62 bits per heavy atom. The normalized spacial score (nSPS) is 19.2. The Labute approximate surface area is 126 Å². The molecular weight excluding hydrogens is 335 g/mol. The summed E-state index contributed by atoms with van der Waals surface area (Å²) >= 11 is 0. The number of alkyl halides is 3. The molecule has 0 bridgehead atoms. The lowest BCUT2D eigenvalue weighted by molar-refractivity contribution is -0.142. The molecule has 0 fully saturated rings. The van der Waals surface area contributed by atoms with Gasteiger partial charge >= 0.3 is 6.18 Å². The van der Waals surface area contributed by atoms with Crippen molar-refractivity contribution >= 4 is 22.2 Å². The first-order valence-electron chi connectivity index (χ1n) is 5.75. The second-order valence-electron chi connectivity index (χ2n) is 4.73. The van der Waals surface area contributed by atoms with Crippen LogP contribution in [0.3, 0.4) is 0 Å². The molecule has 0 saturated heterocycles. The SMILES string of the molecule is Cl.Cn1nc(C(F)(F)F)c2c1OCC(CS(C)(=O)=O)NC2. The summed E-state index contributed by atoms with van der Waals surface area (Å²) in [5.74, 6) is -0.184. The number of nitrogens with one attached hydrogen (secondary N) is 1. The lowest BCUT2D eigenvalue weighted by Gasteiger charge is -2.14. The van der Waals surface area contributed by atoms with Crippen molar-refractivity contribution in [1.82, 2.24) is 15.1 Å². The molecule has 0 aliphatic carbocycles. The summed E-state index contributed by atoms with van der Waals surface area (Å²) in [7, 11) is -1.89. The van der Waals surface area contributed by atoms with E-state index in [1.807, 2.05) is 0 Å². The predicted molar refractivity (Wildman–Crippen MR) is 71.3 cm³/mol. The maximum Gasteiger partial charge on any atom is 0.435 e. The van der Waals surface area contributed by atoms with Gasteiger partial charge in [-0.1, -0.05) is 0 Å². The zero-order valence-corrected chi connectivity index (χ0v) is 12.9. The highest BCUT2D eigenvalue weighted by atomic mass is 35.5. The van der Waals surface area contributed by atoms with Gasteiger partial charge in [0.25, 0.3) is 0 Å². The predicted octanol–water partition coefficient (Wildman–Crippen LogP) is 0.756. The van der Waals surface area contributed by atoms with Gasteiger partial charge in [-0.25, -0.2) is 13.1 Å². The van der Waals surface area contributed by atoms with Crippen molar-refractivity contribution in [1.29, 1.82) is 0 Å². The minimum atomic E-state index is -4.58. The van der Waals surface area contributed by atoms with Gasteiger partial charge in [0.15, 0.2) is 5.69 Å². The fourth-order valence-electron chi connectivity index (χ4n) is 2.08. The molecule has 1 aliphatic heterocycles. The number of ether oxygens (including phenoxy) is 1. The van der Waals surface area contributed by atoms with Crippen LogP contribution < -0.4 is 10.1 Å². The second-order valence-corrected chi connectivity index (χ2v) is 6.92. The third-order valence-corrected chi connectivity index (χ3v) is 3.86. The monoisotopic (exact) mass is 349 g/mol. The summed E-state index contributed by atoms with van der Waals surface area (Å²) < 4.78 is 67.3. The Bertz CT molecular complexity index is 615. The van der Waals surface area contributed by atoms with Crippen molar-refractivity contribution in [3.8, 4) is 5.88 Å². The van der Waals surface area contributed by atoms with Crippen LogP contribution in [0.1, 0.15) is 11.3 Å². The number of aryl methyl sites for hydroxylation is 1. The van der Waals surface area contributed by atoms with Gasteiger partial charge in [-0.2, -0.15) is 18.3 Å². The van der Waals surface area contributed by atoms with Crippen LogP contribution in [0.15, 0.2) is 0 Å². The van der Waals surface area contributed by atoms with Crippen LogP contribution in [-0.4, -0.2) is 42.9 Å². The van der Waals surface area contributed by atoms with Crippen LogP contribution in [0.4, 0.5) is 13.2 Å². The quantitative estimate of drug-likeness (QED) is 0.853. The van der Waals surface area contributed by atoms with Crippen LogP contribution in [0.25, 0.3) is 0 Å². The summed E-state index contributed by atoms with van der Waals surface area (Å²) in [5.41, 5.74) is -1.11. The molecule has 1 unspecified atom stereocenters. The maximum atomic E-state index is 12.8. The molecule has 2 heterocycles. The summed E-state index contributed by atoms with van der Waals surface area (Å²) in [6.45, 7) is -0.172. The van der Waals surface area contributed by atoms with E-state index in [0.29, 0.717) is 0 Å². The van der Waals surface area contributed by atoms with E-state index >= 15 is 0 Å². The third-order valence-electron chi connectivity index (χ3n) is 2.85. The Kier molecular flexibility index (Phi) is 5.17. The maximum absolute atomic E-state index is 12.8. The van der Waals surface area contributed by atoms with Gasteiger partial charge in [0.1, 0.15) is 16.4 Å². The number of aromatic nitrogens is 2. The fraction of sp³-hybridized carbons (Fsp3) is 0.700. The molecule has 1 aromatic rings. The molecule has 0 radical (unpaired) electrons. The van der Waals surface area contributed by atoms with Crippen LogP contribution >= 0.6 is 12.4 Å². The van der Waals surface area contributed by atoms with Gasteiger partial charge in [-0.05, 0) is 0 Å². The number of nitrogens with zero attached hydrogens (tertiary/aromatic N) is 2. The molecule has 0 saturated carbocycles. The van der Waals surface area contributed by atoms with Gasteiger partial charge in [0.05, 0.1) is 17.4 Å². The summed E-state index contributed by atoms with van der Waals surface area (Å²) in [4.78, 5) is 0. The molecule has 2 rings (SSSR count). The zero-order valence-electron chi connectivity index (χ0n) is 11.3. The first-order valence-corrected chi connectivity index (χ1v) is 7.81. The number of fused-ring (bicyclic) bond motifs is 1. The molecular formula is C10H15ClF3N3O3S. The van der Waals surface area contributed by atoms with Crippen LogP contribution in [-0.2, 0) is 29.6 Å². The Balaban J connectivity index is 0.00000220. The van der Waals surface area contributed by atoms with Crippen molar-refractivity contribution < 1.29 is 26.3 Å². The summed E-state index contributed by atoms with van der Waals surface area (Å²) in [6, 6.07) is -0.557.